The minimum absolute atomic E-state index is 0.0186. The summed E-state index contributed by atoms with van der Waals surface area (Å²) in [5.74, 6) is -0.858. The monoisotopic (exact) mass is 540 g/mol. The van der Waals surface area contributed by atoms with Gasteiger partial charge in [-0.05, 0) is 43.9 Å². The van der Waals surface area contributed by atoms with Crippen molar-refractivity contribution < 1.29 is 32.2 Å². The van der Waals surface area contributed by atoms with Crippen LogP contribution >= 0.6 is 0 Å². The van der Waals surface area contributed by atoms with Crippen molar-refractivity contribution in [3.63, 3.8) is 0 Å². The maximum atomic E-state index is 13.6. The molecule has 0 bridgehead atoms. The predicted molar refractivity (Wildman–Crippen MR) is 144 cm³/mol. The van der Waals surface area contributed by atoms with Gasteiger partial charge in [0, 0.05) is 12.1 Å². The molecule has 1 amide bonds. The summed E-state index contributed by atoms with van der Waals surface area (Å²) in [5, 5.41) is 2.68. The molecule has 0 saturated heterocycles. The first-order valence-electron chi connectivity index (χ1n) is 11.8. The highest BCUT2D eigenvalue weighted by Gasteiger charge is 2.30. The third-order valence-corrected chi connectivity index (χ3v) is 7.73. The molecule has 202 valence electrons. The molecule has 0 aliphatic rings. The Kier molecular flexibility index (Phi) is 9.13. The van der Waals surface area contributed by atoms with Gasteiger partial charge in [-0.1, -0.05) is 48.0 Å². The predicted octanol–water partition coefficient (Wildman–Crippen LogP) is 3.94. The van der Waals surface area contributed by atoms with Crippen molar-refractivity contribution in [2.24, 2.45) is 0 Å². The van der Waals surface area contributed by atoms with E-state index in [4.69, 9.17) is 14.2 Å². The Morgan fingerprint density at radius 2 is 1.45 bits per heavy atom. The molecule has 38 heavy (non-hydrogen) atoms. The van der Waals surface area contributed by atoms with Crippen LogP contribution in [0.2, 0.25) is 0 Å². The third-order valence-electron chi connectivity index (χ3n) is 5.96. The Morgan fingerprint density at radius 3 is 2.00 bits per heavy atom. The minimum atomic E-state index is -4.10. The standard InChI is InChI=1S/C28H32N2O7S/c1-17-12-18(2)26(19(3)13-17)38(33,34)30-23(14-20-10-8-7-9-11-20)27(31)29-22-16-25(36-5)24(35-4)15-21(22)28(32)37-6/h7-13,15-16,23,30H,14H2,1-6H3,(H,29,31)/t23-/m1/s1. The number of aryl methyl sites for hydroxylation is 3. The van der Waals surface area contributed by atoms with Gasteiger partial charge in [0.1, 0.15) is 6.04 Å². The molecule has 0 aliphatic heterocycles. The Hall–Kier alpha value is -3.89. The highest BCUT2D eigenvalue weighted by atomic mass is 32.2. The molecular formula is C28H32N2O7S. The molecule has 3 aromatic carbocycles. The molecule has 0 aliphatic carbocycles. The summed E-state index contributed by atoms with van der Waals surface area (Å²) < 4.78 is 45.1. The minimum Gasteiger partial charge on any atom is -0.493 e. The number of carbonyl (C=O) groups excluding carboxylic acids is 2. The first-order chi connectivity index (χ1) is 18.0. The van der Waals surface area contributed by atoms with E-state index in [1.54, 1.807) is 50.2 Å². The molecule has 9 nitrogen and oxygen atoms in total. The van der Waals surface area contributed by atoms with Gasteiger partial charge in [-0.3, -0.25) is 4.79 Å². The summed E-state index contributed by atoms with van der Waals surface area (Å²) in [6.45, 7) is 5.32. The van der Waals surface area contributed by atoms with Gasteiger partial charge in [0.2, 0.25) is 15.9 Å². The highest BCUT2D eigenvalue weighted by molar-refractivity contribution is 7.89. The molecule has 3 rings (SSSR count). The van der Waals surface area contributed by atoms with Crippen LogP contribution in [0.5, 0.6) is 11.5 Å². The van der Waals surface area contributed by atoms with E-state index in [9.17, 15) is 18.0 Å². The Morgan fingerprint density at radius 1 is 0.868 bits per heavy atom. The van der Waals surface area contributed by atoms with E-state index >= 15 is 0 Å². The molecule has 3 aromatic rings. The zero-order valence-electron chi connectivity index (χ0n) is 22.2. The average Bonchev–Trinajstić information content (AvgIpc) is 2.87. The molecule has 10 heteroatoms. The first kappa shape index (κ1) is 28.7. The van der Waals surface area contributed by atoms with Crippen molar-refractivity contribution in [2.75, 3.05) is 26.6 Å². The largest absolute Gasteiger partial charge is 0.493 e. The number of esters is 1. The maximum Gasteiger partial charge on any atom is 0.340 e. The van der Waals surface area contributed by atoms with Crippen molar-refractivity contribution in [1.82, 2.24) is 4.72 Å². The number of rotatable bonds is 10. The Balaban J connectivity index is 2.04. The van der Waals surface area contributed by atoms with E-state index in [-0.39, 0.29) is 34.1 Å². The molecule has 1 atom stereocenters. The number of hydrogen-bond acceptors (Lipinski definition) is 7. The van der Waals surface area contributed by atoms with Gasteiger partial charge in [-0.25, -0.2) is 13.2 Å². The fourth-order valence-electron chi connectivity index (χ4n) is 4.36. The van der Waals surface area contributed by atoms with E-state index in [1.165, 1.54) is 33.5 Å². The summed E-state index contributed by atoms with van der Waals surface area (Å²) in [5.41, 5.74) is 2.92. The number of amides is 1. The fourth-order valence-corrected chi connectivity index (χ4v) is 6.00. The molecule has 0 saturated carbocycles. The number of hydrogen-bond donors (Lipinski definition) is 2. The Bertz CT molecular complexity index is 1410. The van der Waals surface area contributed by atoms with Crippen molar-refractivity contribution in [1.29, 1.82) is 0 Å². The van der Waals surface area contributed by atoms with Crippen LogP contribution in [0.3, 0.4) is 0 Å². The van der Waals surface area contributed by atoms with Crippen molar-refractivity contribution >= 4 is 27.6 Å². The number of carbonyl (C=O) groups is 2. The zero-order valence-corrected chi connectivity index (χ0v) is 23.1. The lowest BCUT2D eigenvalue weighted by Gasteiger charge is -2.22. The van der Waals surface area contributed by atoms with Gasteiger partial charge in [-0.15, -0.1) is 0 Å². The number of methoxy groups -OCH3 is 3. The SMILES string of the molecule is COC(=O)c1cc(OC)c(OC)cc1NC(=O)[C@@H](Cc1ccccc1)NS(=O)(=O)c1c(C)cc(C)cc1C. The first-order valence-corrected chi connectivity index (χ1v) is 13.3. The van der Waals surface area contributed by atoms with Crippen molar-refractivity contribution in [3.8, 4) is 11.5 Å². The smallest absolute Gasteiger partial charge is 0.340 e. The summed E-state index contributed by atoms with van der Waals surface area (Å²) in [6.07, 6.45) is 0.0662. The lowest BCUT2D eigenvalue weighted by molar-refractivity contribution is -0.117. The van der Waals surface area contributed by atoms with Crippen molar-refractivity contribution in [2.45, 2.75) is 38.1 Å². The summed E-state index contributed by atoms with van der Waals surface area (Å²) in [4.78, 5) is 26.2. The second-order valence-corrected chi connectivity index (χ2v) is 10.5. The molecular weight excluding hydrogens is 508 g/mol. The second kappa shape index (κ2) is 12.1. The molecule has 0 heterocycles. The second-order valence-electron chi connectivity index (χ2n) is 8.83. The molecule has 0 spiro atoms. The average molecular weight is 541 g/mol. The third kappa shape index (κ3) is 6.51. The molecule has 0 fully saturated rings. The van der Waals surface area contributed by atoms with Crippen LogP contribution in [-0.4, -0.2) is 47.7 Å². The maximum absolute atomic E-state index is 13.6. The van der Waals surface area contributed by atoms with Crippen LogP contribution in [-0.2, 0) is 26.0 Å². The molecule has 0 radical (unpaired) electrons. The Labute approximate surface area is 223 Å². The van der Waals surface area contributed by atoms with Crippen LogP contribution in [0, 0.1) is 20.8 Å². The van der Waals surface area contributed by atoms with Crippen LogP contribution in [0.15, 0.2) is 59.5 Å². The van der Waals surface area contributed by atoms with Crippen molar-refractivity contribution in [3.05, 3.63) is 82.4 Å². The van der Waals surface area contributed by atoms with Gasteiger partial charge in [0.25, 0.3) is 0 Å². The number of benzene rings is 3. The molecule has 0 aromatic heterocycles. The van der Waals surface area contributed by atoms with Crippen LogP contribution in [0.4, 0.5) is 5.69 Å². The topological polar surface area (TPSA) is 120 Å². The van der Waals surface area contributed by atoms with Gasteiger partial charge in [0.15, 0.2) is 11.5 Å². The van der Waals surface area contributed by atoms with Crippen LogP contribution in [0.1, 0.15) is 32.6 Å². The number of sulfonamides is 1. The summed E-state index contributed by atoms with van der Waals surface area (Å²) >= 11 is 0. The fraction of sp³-hybridized carbons (Fsp3) is 0.286. The van der Waals surface area contributed by atoms with E-state index in [1.807, 2.05) is 13.0 Å². The van der Waals surface area contributed by atoms with Crippen LogP contribution in [0.25, 0.3) is 0 Å². The van der Waals surface area contributed by atoms with Gasteiger partial charge in [-0.2, -0.15) is 4.72 Å². The normalized spacial score (nSPS) is 11.9. The summed E-state index contributed by atoms with van der Waals surface area (Å²) in [6, 6.07) is 14.2. The number of nitrogens with one attached hydrogen (secondary N) is 2. The van der Waals surface area contributed by atoms with E-state index in [2.05, 4.69) is 10.0 Å². The quantitative estimate of drug-likeness (QED) is 0.374. The summed E-state index contributed by atoms with van der Waals surface area (Å²) in [7, 11) is -0.0551. The van der Waals surface area contributed by atoms with E-state index in [0.29, 0.717) is 11.1 Å². The molecule has 2 N–H and O–H groups in total. The lowest BCUT2D eigenvalue weighted by Crippen LogP contribution is -2.45. The van der Waals surface area contributed by atoms with Gasteiger partial charge < -0.3 is 19.5 Å². The van der Waals surface area contributed by atoms with E-state index in [0.717, 1.165) is 11.1 Å². The van der Waals surface area contributed by atoms with Gasteiger partial charge in [0.05, 0.1) is 37.5 Å². The number of ether oxygens (including phenoxy) is 3. The highest BCUT2D eigenvalue weighted by Crippen LogP contribution is 2.34. The van der Waals surface area contributed by atoms with Crippen LogP contribution < -0.4 is 19.5 Å². The van der Waals surface area contributed by atoms with Gasteiger partial charge >= 0.3 is 5.97 Å². The molecule has 0 unspecified atom stereocenters. The number of anilines is 1. The van der Waals surface area contributed by atoms with E-state index < -0.39 is 27.9 Å². The lowest BCUT2D eigenvalue weighted by atomic mass is 10.1. The zero-order chi connectivity index (χ0) is 28.0.